The Kier molecular flexibility index (Phi) is 5.00. The molecule has 0 aliphatic carbocycles. The predicted molar refractivity (Wildman–Crippen MR) is 79.3 cm³/mol. The zero-order valence-corrected chi connectivity index (χ0v) is 13.3. The first-order valence-electron chi connectivity index (χ1n) is 7.47. The van der Waals surface area contributed by atoms with Crippen molar-refractivity contribution in [1.29, 1.82) is 0 Å². The molecule has 6 heteroatoms. The number of carbonyl (C=O) groups is 1. The molecule has 1 aliphatic rings. The molecular weight excluding hydrogens is 270 g/mol. The van der Waals surface area contributed by atoms with Crippen LogP contribution in [0.2, 0.25) is 0 Å². The molecule has 1 aliphatic heterocycles. The van der Waals surface area contributed by atoms with Crippen LogP contribution in [-0.4, -0.2) is 51.6 Å². The van der Waals surface area contributed by atoms with Gasteiger partial charge in [0.15, 0.2) is 0 Å². The third kappa shape index (κ3) is 3.63. The van der Waals surface area contributed by atoms with E-state index in [1.54, 1.807) is 0 Å². The van der Waals surface area contributed by atoms with E-state index in [1.165, 1.54) is 11.3 Å². The molecule has 2 rings (SSSR count). The Labute approximate surface area is 125 Å². The molecule has 1 aromatic heterocycles. The number of aromatic nitrogens is 2. The largest absolute Gasteiger partial charge is 0.480 e. The van der Waals surface area contributed by atoms with Gasteiger partial charge in [-0.1, -0.05) is 0 Å². The van der Waals surface area contributed by atoms with Gasteiger partial charge in [-0.15, -0.1) is 0 Å². The normalized spacial score (nSPS) is 18.9. The number of nitrogens with zero attached hydrogens (tertiary/aromatic N) is 3. The molecule has 6 nitrogen and oxygen atoms in total. The van der Waals surface area contributed by atoms with Crippen LogP contribution < -0.4 is 0 Å². The van der Waals surface area contributed by atoms with E-state index >= 15 is 0 Å². The predicted octanol–water partition coefficient (Wildman–Crippen LogP) is 1.66. The topological polar surface area (TPSA) is 67.6 Å². The highest BCUT2D eigenvalue weighted by Gasteiger charge is 2.27. The number of hydrogen-bond donors (Lipinski definition) is 1. The third-order valence-corrected chi connectivity index (χ3v) is 4.45. The summed E-state index contributed by atoms with van der Waals surface area (Å²) in [4.78, 5) is 13.0. The Bertz CT molecular complexity index is 505. The minimum atomic E-state index is -0.896. The first-order chi connectivity index (χ1) is 9.90. The van der Waals surface area contributed by atoms with Crippen LogP contribution in [0, 0.1) is 13.8 Å². The highest BCUT2D eigenvalue weighted by atomic mass is 16.5. The van der Waals surface area contributed by atoms with Crippen molar-refractivity contribution in [2.75, 3.05) is 19.7 Å². The number of aryl methyl sites for hydroxylation is 2. The van der Waals surface area contributed by atoms with Gasteiger partial charge in [0, 0.05) is 37.4 Å². The van der Waals surface area contributed by atoms with Gasteiger partial charge in [0.25, 0.3) is 0 Å². The second kappa shape index (κ2) is 6.58. The number of aliphatic carboxylic acids is 1. The van der Waals surface area contributed by atoms with Crippen molar-refractivity contribution < 1.29 is 14.6 Å². The van der Waals surface area contributed by atoms with Gasteiger partial charge < -0.3 is 9.84 Å². The first kappa shape index (κ1) is 16.0. The molecular formula is C15H25N3O3. The summed E-state index contributed by atoms with van der Waals surface area (Å²) in [5, 5.41) is 13.1. The van der Waals surface area contributed by atoms with Crippen molar-refractivity contribution in [2.45, 2.75) is 45.8 Å². The summed E-state index contributed by atoms with van der Waals surface area (Å²) in [6.07, 6.45) is 1.84. The number of ether oxygens (including phenoxy) is 1. The molecule has 1 N–H and O–H groups in total. The Hall–Kier alpha value is -1.40. The molecule has 118 valence electrons. The third-order valence-electron chi connectivity index (χ3n) is 4.45. The first-order valence-corrected chi connectivity index (χ1v) is 7.47. The van der Waals surface area contributed by atoms with Gasteiger partial charge in [0.05, 0.1) is 11.8 Å². The zero-order chi connectivity index (χ0) is 15.6. The standard InChI is InChI=1S/C15H25N3O3/c1-10-15(11(2)17(4)16-10)12(3)18-7-5-13(6-8-18)21-9-14(19)20/h12-13H,5-9H2,1-4H3,(H,19,20). The Morgan fingerprint density at radius 1 is 1.43 bits per heavy atom. The maximum atomic E-state index is 10.5. The summed E-state index contributed by atoms with van der Waals surface area (Å²) in [6.45, 7) is 8.05. The van der Waals surface area contributed by atoms with E-state index in [0.29, 0.717) is 6.04 Å². The van der Waals surface area contributed by atoms with E-state index < -0.39 is 5.97 Å². The lowest BCUT2D eigenvalue weighted by Gasteiger charge is -2.36. The molecule has 0 aromatic carbocycles. The van der Waals surface area contributed by atoms with Crippen molar-refractivity contribution in [3.8, 4) is 0 Å². The van der Waals surface area contributed by atoms with Crippen LogP contribution in [0.5, 0.6) is 0 Å². The van der Waals surface area contributed by atoms with Crippen LogP contribution in [-0.2, 0) is 16.6 Å². The fourth-order valence-electron chi connectivity index (χ4n) is 3.20. The average molecular weight is 295 g/mol. The van der Waals surface area contributed by atoms with Gasteiger partial charge in [-0.3, -0.25) is 9.58 Å². The summed E-state index contributed by atoms with van der Waals surface area (Å²) in [5.41, 5.74) is 3.61. The summed E-state index contributed by atoms with van der Waals surface area (Å²) >= 11 is 0. The van der Waals surface area contributed by atoms with Crippen LogP contribution in [0.1, 0.15) is 42.8 Å². The monoisotopic (exact) mass is 295 g/mol. The van der Waals surface area contributed by atoms with Crippen LogP contribution in [0.25, 0.3) is 0 Å². The van der Waals surface area contributed by atoms with Crippen molar-refractivity contribution in [1.82, 2.24) is 14.7 Å². The zero-order valence-electron chi connectivity index (χ0n) is 13.3. The Balaban J connectivity index is 1.94. The number of carboxylic acid groups (broad SMARTS) is 1. The molecule has 1 atom stereocenters. The lowest BCUT2D eigenvalue weighted by atomic mass is 10.0. The van der Waals surface area contributed by atoms with Crippen LogP contribution >= 0.6 is 0 Å². The second-order valence-electron chi connectivity index (χ2n) is 5.82. The molecule has 1 saturated heterocycles. The molecule has 0 bridgehead atoms. The smallest absolute Gasteiger partial charge is 0.329 e. The number of carboxylic acids is 1. The molecule has 0 radical (unpaired) electrons. The van der Waals surface area contributed by atoms with E-state index in [0.717, 1.165) is 31.6 Å². The minimum Gasteiger partial charge on any atom is -0.480 e. The number of piperidine rings is 1. The second-order valence-corrected chi connectivity index (χ2v) is 5.82. The number of rotatable bonds is 5. The van der Waals surface area contributed by atoms with E-state index in [1.807, 2.05) is 11.7 Å². The van der Waals surface area contributed by atoms with Gasteiger partial charge in [0.2, 0.25) is 0 Å². The number of likely N-dealkylation sites (tertiary alicyclic amines) is 1. The van der Waals surface area contributed by atoms with Crippen molar-refractivity contribution >= 4 is 5.97 Å². The molecule has 0 amide bonds. The number of hydrogen-bond acceptors (Lipinski definition) is 4. The fourth-order valence-corrected chi connectivity index (χ4v) is 3.20. The Morgan fingerprint density at radius 3 is 2.52 bits per heavy atom. The molecule has 1 aromatic rings. The van der Waals surface area contributed by atoms with Crippen molar-refractivity contribution in [3.05, 3.63) is 17.0 Å². The highest BCUT2D eigenvalue weighted by molar-refractivity contribution is 5.68. The molecule has 21 heavy (non-hydrogen) atoms. The summed E-state index contributed by atoms with van der Waals surface area (Å²) in [7, 11) is 1.98. The minimum absolute atomic E-state index is 0.0700. The molecule has 0 saturated carbocycles. The van der Waals surface area contributed by atoms with E-state index in [4.69, 9.17) is 9.84 Å². The fraction of sp³-hybridized carbons (Fsp3) is 0.733. The van der Waals surface area contributed by atoms with Crippen molar-refractivity contribution in [2.24, 2.45) is 7.05 Å². The molecule has 2 heterocycles. The van der Waals surface area contributed by atoms with Gasteiger partial charge in [-0.25, -0.2) is 4.79 Å². The Morgan fingerprint density at radius 2 is 2.05 bits per heavy atom. The van der Waals surface area contributed by atoms with E-state index in [-0.39, 0.29) is 12.7 Å². The van der Waals surface area contributed by atoms with Gasteiger partial charge in [0.1, 0.15) is 6.61 Å². The molecule has 0 spiro atoms. The van der Waals surface area contributed by atoms with Crippen LogP contribution in [0.3, 0.4) is 0 Å². The molecule has 1 unspecified atom stereocenters. The van der Waals surface area contributed by atoms with E-state index in [2.05, 4.69) is 30.8 Å². The van der Waals surface area contributed by atoms with Gasteiger partial charge in [-0.2, -0.15) is 5.10 Å². The van der Waals surface area contributed by atoms with E-state index in [9.17, 15) is 4.79 Å². The lowest BCUT2D eigenvalue weighted by Crippen LogP contribution is -2.39. The average Bonchev–Trinajstić information content (AvgIpc) is 2.70. The van der Waals surface area contributed by atoms with Gasteiger partial charge in [-0.05, 0) is 33.6 Å². The van der Waals surface area contributed by atoms with Crippen molar-refractivity contribution in [3.63, 3.8) is 0 Å². The summed E-state index contributed by atoms with van der Waals surface area (Å²) in [5.74, 6) is -0.896. The SMILES string of the molecule is Cc1nn(C)c(C)c1C(C)N1CCC(OCC(=O)O)CC1. The summed E-state index contributed by atoms with van der Waals surface area (Å²) in [6, 6.07) is 0.333. The maximum absolute atomic E-state index is 10.5. The maximum Gasteiger partial charge on any atom is 0.329 e. The lowest BCUT2D eigenvalue weighted by molar-refractivity contribution is -0.145. The van der Waals surface area contributed by atoms with Crippen LogP contribution in [0.15, 0.2) is 0 Å². The highest BCUT2D eigenvalue weighted by Crippen LogP contribution is 2.29. The quantitative estimate of drug-likeness (QED) is 0.895. The molecule has 1 fully saturated rings. The van der Waals surface area contributed by atoms with Crippen LogP contribution in [0.4, 0.5) is 0 Å². The van der Waals surface area contributed by atoms with Gasteiger partial charge >= 0.3 is 5.97 Å². The summed E-state index contributed by atoms with van der Waals surface area (Å²) < 4.78 is 7.32.